The molecule has 10 heteroatoms. The number of methoxy groups -OCH3 is 1. The van der Waals surface area contributed by atoms with E-state index < -0.39 is 0 Å². The Kier molecular flexibility index (Phi) is 6.36. The average Bonchev–Trinajstić information content (AvgIpc) is 3.38. The Morgan fingerprint density at radius 3 is 2.80 bits per heavy atom. The van der Waals surface area contributed by atoms with Crippen LogP contribution in [0.15, 0.2) is 55.0 Å². The molecule has 1 aliphatic heterocycles. The third-order valence-corrected chi connectivity index (χ3v) is 5.82. The molecule has 0 unspecified atom stereocenters. The average molecular weight is 471 g/mol. The van der Waals surface area contributed by atoms with E-state index in [-0.39, 0.29) is 18.4 Å². The summed E-state index contributed by atoms with van der Waals surface area (Å²) in [6.45, 7) is 1.84. The van der Waals surface area contributed by atoms with Crippen LogP contribution in [0.5, 0.6) is 5.75 Å². The van der Waals surface area contributed by atoms with Gasteiger partial charge in [-0.2, -0.15) is 0 Å². The fraction of sp³-hybridized carbons (Fsp3) is 0.240. The minimum atomic E-state index is -0.360. The predicted molar refractivity (Wildman–Crippen MR) is 135 cm³/mol. The molecule has 1 fully saturated rings. The number of amides is 1. The second-order valence-corrected chi connectivity index (χ2v) is 8.36. The van der Waals surface area contributed by atoms with Gasteiger partial charge in [-0.25, -0.2) is 15.0 Å². The van der Waals surface area contributed by atoms with Crippen LogP contribution < -0.4 is 26.4 Å². The fourth-order valence-corrected chi connectivity index (χ4v) is 4.11. The van der Waals surface area contributed by atoms with Gasteiger partial charge in [0.25, 0.3) is 0 Å². The Morgan fingerprint density at radius 1 is 1.20 bits per heavy atom. The van der Waals surface area contributed by atoms with E-state index >= 15 is 0 Å². The van der Waals surface area contributed by atoms with Crippen LogP contribution in [-0.2, 0) is 11.2 Å². The summed E-state index contributed by atoms with van der Waals surface area (Å²) in [5, 5.41) is 11.0. The summed E-state index contributed by atoms with van der Waals surface area (Å²) in [7, 11) is 1.62. The van der Waals surface area contributed by atoms with Crippen molar-refractivity contribution in [3.05, 3.63) is 60.6 Å². The zero-order chi connectivity index (χ0) is 24.2. The van der Waals surface area contributed by atoms with E-state index in [1.807, 2.05) is 36.4 Å². The molecule has 1 amide bonds. The number of benzene rings is 1. The lowest BCUT2D eigenvalue weighted by Crippen LogP contribution is -2.23. The molecule has 5 rings (SSSR count). The first-order valence-electron chi connectivity index (χ1n) is 11.4. The van der Waals surface area contributed by atoms with Gasteiger partial charge in [0.15, 0.2) is 5.82 Å². The second kappa shape index (κ2) is 9.90. The van der Waals surface area contributed by atoms with E-state index in [1.54, 1.807) is 25.7 Å². The normalized spacial score (nSPS) is 15.2. The molecule has 4 aromatic rings. The Hall–Kier alpha value is -4.31. The van der Waals surface area contributed by atoms with E-state index in [0.29, 0.717) is 28.7 Å². The first kappa shape index (κ1) is 22.5. The molecule has 5 N–H and O–H groups in total. The maximum absolute atomic E-state index is 11.1. The molecule has 1 aliphatic rings. The number of carbonyl (C=O) groups excluding carboxylic acids is 1. The number of rotatable bonds is 8. The van der Waals surface area contributed by atoms with Crippen molar-refractivity contribution in [3.63, 3.8) is 0 Å². The van der Waals surface area contributed by atoms with Crippen LogP contribution in [0.3, 0.4) is 0 Å². The van der Waals surface area contributed by atoms with Crippen molar-refractivity contribution in [1.29, 1.82) is 0 Å². The Labute approximate surface area is 202 Å². The number of carbonyl (C=O) groups is 1. The lowest BCUT2D eigenvalue weighted by atomic mass is 10.1. The number of fused-ring (bicyclic) bond motifs is 1. The smallest absolute Gasteiger partial charge is 0.221 e. The van der Waals surface area contributed by atoms with E-state index in [0.717, 1.165) is 41.7 Å². The van der Waals surface area contributed by atoms with Crippen molar-refractivity contribution < 1.29 is 9.53 Å². The maximum atomic E-state index is 11.1. The highest BCUT2D eigenvalue weighted by atomic mass is 16.5. The molecule has 1 atom stereocenters. The molecule has 0 aliphatic carbocycles. The number of nitrogens with one attached hydrogen (secondary N) is 3. The number of nitrogens with zero attached hydrogens (tertiary/aromatic N) is 4. The molecule has 0 radical (unpaired) electrons. The quantitative estimate of drug-likeness (QED) is 0.306. The van der Waals surface area contributed by atoms with Crippen LogP contribution in [0.25, 0.3) is 22.3 Å². The molecule has 10 nitrogen and oxygen atoms in total. The summed E-state index contributed by atoms with van der Waals surface area (Å²) in [5.74, 6) is 2.19. The molecule has 1 saturated heterocycles. The summed E-state index contributed by atoms with van der Waals surface area (Å²) in [4.78, 5) is 29.5. The van der Waals surface area contributed by atoms with E-state index in [9.17, 15) is 4.79 Å². The first-order valence-corrected chi connectivity index (χ1v) is 11.4. The van der Waals surface area contributed by atoms with Crippen molar-refractivity contribution in [3.8, 4) is 17.1 Å². The summed E-state index contributed by atoms with van der Waals surface area (Å²) >= 11 is 0. The SMILES string of the molecule is COc1cncc2nc(-c3ccnc(Nc4ccc(CC(N)=O)cc4)c3)nc(N[C@@H]3CCNC3)c12. The van der Waals surface area contributed by atoms with Crippen molar-refractivity contribution >= 4 is 34.1 Å². The van der Waals surface area contributed by atoms with Gasteiger partial charge in [-0.05, 0) is 42.8 Å². The molecule has 178 valence electrons. The summed E-state index contributed by atoms with van der Waals surface area (Å²) in [6.07, 6.45) is 6.32. The summed E-state index contributed by atoms with van der Waals surface area (Å²) < 4.78 is 5.55. The van der Waals surface area contributed by atoms with Gasteiger partial charge in [-0.3, -0.25) is 9.78 Å². The Balaban J connectivity index is 1.47. The van der Waals surface area contributed by atoms with Gasteiger partial charge in [0.05, 0.1) is 36.8 Å². The van der Waals surface area contributed by atoms with Crippen LogP contribution in [0.2, 0.25) is 0 Å². The molecular weight excluding hydrogens is 444 g/mol. The Morgan fingerprint density at radius 2 is 2.06 bits per heavy atom. The van der Waals surface area contributed by atoms with Crippen molar-refractivity contribution in [2.24, 2.45) is 5.73 Å². The summed E-state index contributed by atoms with van der Waals surface area (Å²) in [5.41, 5.74) is 8.47. The highest BCUT2D eigenvalue weighted by Crippen LogP contribution is 2.32. The zero-order valence-electron chi connectivity index (χ0n) is 19.3. The molecule has 0 saturated carbocycles. The molecule has 0 spiro atoms. The minimum Gasteiger partial charge on any atom is -0.494 e. The number of anilines is 3. The largest absolute Gasteiger partial charge is 0.494 e. The van der Waals surface area contributed by atoms with Crippen LogP contribution in [-0.4, -0.2) is 52.1 Å². The first-order chi connectivity index (χ1) is 17.1. The molecule has 35 heavy (non-hydrogen) atoms. The second-order valence-electron chi connectivity index (χ2n) is 8.36. The number of nitrogens with two attached hydrogens (primary N) is 1. The monoisotopic (exact) mass is 470 g/mol. The number of pyridine rings is 2. The van der Waals surface area contributed by atoms with Gasteiger partial charge in [0, 0.05) is 30.0 Å². The molecular formula is C25H26N8O2. The van der Waals surface area contributed by atoms with Gasteiger partial charge < -0.3 is 26.4 Å². The van der Waals surface area contributed by atoms with Crippen molar-refractivity contribution in [2.45, 2.75) is 18.9 Å². The van der Waals surface area contributed by atoms with Crippen LogP contribution in [0.1, 0.15) is 12.0 Å². The lowest BCUT2D eigenvalue weighted by molar-refractivity contribution is -0.117. The highest BCUT2D eigenvalue weighted by molar-refractivity contribution is 5.95. The predicted octanol–water partition coefficient (Wildman–Crippen LogP) is 2.64. The van der Waals surface area contributed by atoms with E-state index in [4.69, 9.17) is 20.4 Å². The van der Waals surface area contributed by atoms with Gasteiger partial charge >= 0.3 is 0 Å². The van der Waals surface area contributed by atoms with Gasteiger partial charge in [-0.1, -0.05) is 12.1 Å². The molecule has 0 bridgehead atoms. The van der Waals surface area contributed by atoms with Crippen molar-refractivity contribution in [2.75, 3.05) is 30.8 Å². The molecule has 3 aromatic heterocycles. The third-order valence-electron chi connectivity index (χ3n) is 5.82. The van der Waals surface area contributed by atoms with E-state index in [2.05, 4.69) is 25.9 Å². The molecule has 4 heterocycles. The number of hydrogen-bond acceptors (Lipinski definition) is 9. The maximum Gasteiger partial charge on any atom is 0.221 e. The number of ether oxygens (including phenoxy) is 1. The minimum absolute atomic E-state index is 0.209. The van der Waals surface area contributed by atoms with E-state index in [1.165, 1.54) is 0 Å². The topological polar surface area (TPSA) is 140 Å². The molecule has 1 aromatic carbocycles. The number of hydrogen-bond donors (Lipinski definition) is 4. The number of aromatic nitrogens is 4. The fourth-order valence-electron chi connectivity index (χ4n) is 4.11. The van der Waals surface area contributed by atoms with Crippen LogP contribution in [0, 0.1) is 0 Å². The van der Waals surface area contributed by atoms with Crippen LogP contribution >= 0.6 is 0 Å². The Bertz CT molecular complexity index is 1350. The van der Waals surface area contributed by atoms with Crippen LogP contribution in [0.4, 0.5) is 17.3 Å². The standard InChI is InChI=1S/C25H26N8O2/c1-35-20-14-28-13-19-23(20)25(31-18-7-8-27-12-18)33-24(32-19)16-6-9-29-22(11-16)30-17-4-2-15(3-5-17)10-21(26)34/h2-6,9,11,13-14,18,27H,7-8,10,12H2,1H3,(H2,26,34)(H,29,30)(H,31,32,33)/t18-/m1/s1. The van der Waals surface area contributed by atoms with Gasteiger partial charge in [0.2, 0.25) is 5.91 Å². The third kappa shape index (κ3) is 5.12. The highest BCUT2D eigenvalue weighted by Gasteiger charge is 2.20. The number of primary amides is 1. The van der Waals surface area contributed by atoms with Crippen molar-refractivity contribution in [1.82, 2.24) is 25.3 Å². The van der Waals surface area contributed by atoms with Gasteiger partial charge in [0.1, 0.15) is 17.4 Å². The van der Waals surface area contributed by atoms with Gasteiger partial charge in [-0.15, -0.1) is 0 Å². The zero-order valence-corrected chi connectivity index (χ0v) is 19.3. The lowest BCUT2D eigenvalue weighted by Gasteiger charge is -2.16. The summed E-state index contributed by atoms with van der Waals surface area (Å²) in [6, 6.07) is 11.5.